The van der Waals surface area contributed by atoms with Crippen LogP contribution >= 0.6 is 0 Å². The van der Waals surface area contributed by atoms with Gasteiger partial charge < -0.3 is 15.3 Å². The first kappa shape index (κ1) is 14.8. The lowest BCUT2D eigenvalue weighted by Crippen LogP contribution is -2.45. The molecule has 0 aromatic carbocycles. The second-order valence-corrected chi connectivity index (χ2v) is 5.17. The van der Waals surface area contributed by atoms with Gasteiger partial charge in [-0.2, -0.15) is 0 Å². The molecule has 1 amide bonds. The Labute approximate surface area is 120 Å². The first-order valence-corrected chi connectivity index (χ1v) is 7.30. The lowest BCUT2D eigenvalue weighted by molar-refractivity contribution is 0.0503. The highest BCUT2D eigenvalue weighted by atomic mass is 16.3. The molecule has 1 fully saturated rings. The van der Waals surface area contributed by atoms with Crippen molar-refractivity contribution < 1.29 is 9.90 Å². The van der Waals surface area contributed by atoms with E-state index in [4.69, 9.17) is 0 Å². The summed E-state index contributed by atoms with van der Waals surface area (Å²) in [6, 6.07) is 3.59. The molecular weight excluding hydrogens is 254 g/mol. The number of anilines is 1. The Hall–Kier alpha value is -1.62. The number of aromatic nitrogens is 1. The second-order valence-electron chi connectivity index (χ2n) is 5.17. The van der Waals surface area contributed by atoms with Gasteiger partial charge in [0.05, 0.1) is 12.6 Å². The number of hydrogen-bond donors (Lipinski definition) is 2. The predicted molar refractivity (Wildman–Crippen MR) is 78.9 cm³/mol. The molecule has 5 nitrogen and oxygen atoms in total. The van der Waals surface area contributed by atoms with Crippen molar-refractivity contribution in [1.29, 1.82) is 0 Å². The molecule has 1 aromatic heterocycles. The zero-order valence-electron chi connectivity index (χ0n) is 12.2. The van der Waals surface area contributed by atoms with E-state index in [1.54, 1.807) is 18.0 Å². The Morgan fingerprint density at radius 2 is 2.30 bits per heavy atom. The van der Waals surface area contributed by atoms with Crippen molar-refractivity contribution in [3.05, 3.63) is 23.4 Å². The van der Waals surface area contributed by atoms with Gasteiger partial charge in [0.25, 0.3) is 5.91 Å². The average Bonchev–Trinajstić information content (AvgIpc) is 2.53. The number of rotatable bonds is 4. The highest BCUT2D eigenvalue weighted by Gasteiger charge is 2.27. The SMILES string of the molecule is CCc1cc(C(=O)N2CCCCC2CO)cc(NC)n1. The Balaban J connectivity index is 2.27. The third-order valence-corrected chi connectivity index (χ3v) is 3.84. The number of amides is 1. The summed E-state index contributed by atoms with van der Waals surface area (Å²) < 4.78 is 0. The number of pyridine rings is 1. The number of hydrogen-bond acceptors (Lipinski definition) is 4. The molecule has 0 saturated carbocycles. The van der Waals surface area contributed by atoms with Gasteiger partial charge in [0.2, 0.25) is 0 Å². The Kier molecular flexibility index (Phi) is 4.95. The summed E-state index contributed by atoms with van der Waals surface area (Å²) in [7, 11) is 1.80. The van der Waals surface area contributed by atoms with Gasteiger partial charge in [-0.25, -0.2) is 4.98 Å². The molecule has 0 spiro atoms. The first-order chi connectivity index (χ1) is 9.69. The Morgan fingerprint density at radius 1 is 1.50 bits per heavy atom. The molecule has 0 bridgehead atoms. The summed E-state index contributed by atoms with van der Waals surface area (Å²) in [6.07, 6.45) is 3.76. The normalized spacial score (nSPS) is 18.9. The number of aliphatic hydroxyl groups is 1. The van der Waals surface area contributed by atoms with Crippen LogP contribution in [0.3, 0.4) is 0 Å². The highest BCUT2D eigenvalue weighted by molar-refractivity contribution is 5.95. The summed E-state index contributed by atoms with van der Waals surface area (Å²) in [5.41, 5.74) is 1.55. The molecular formula is C15H23N3O2. The molecule has 2 N–H and O–H groups in total. The minimum Gasteiger partial charge on any atom is -0.394 e. The first-order valence-electron chi connectivity index (χ1n) is 7.30. The Bertz CT molecular complexity index is 454. The van der Waals surface area contributed by atoms with Gasteiger partial charge in [0, 0.05) is 24.8 Å². The van der Waals surface area contributed by atoms with Crippen molar-refractivity contribution >= 4 is 11.7 Å². The van der Waals surface area contributed by atoms with Gasteiger partial charge in [-0.05, 0) is 37.8 Å². The second kappa shape index (κ2) is 6.70. The van der Waals surface area contributed by atoms with Crippen LogP contribution in [0.15, 0.2) is 12.1 Å². The van der Waals surface area contributed by atoms with Crippen LogP contribution in [-0.4, -0.2) is 47.1 Å². The number of nitrogens with one attached hydrogen (secondary N) is 1. The standard InChI is InChI=1S/C15H23N3O2/c1-3-12-8-11(9-14(16-2)17-12)15(20)18-7-5-4-6-13(18)10-19/h8-9,13,19H,3-7,10H2,1-2H3,(H,16,17). The van der Waals surface area contributed by atoms with Crippen molar-refractivity contribution in [1.82, 2.24) is 9.88 Å². The van der Waals surface area contributed by atoms with Crippen molar-refractivity contribution in [2.45, 2.75) is 38.6 Å². The van der Waals surface area contributed by atoms with Crippen LogP contribution in [0.2, 0.25) is 0 Å². The van der Waals surface area contributed by atoms with Gasteiger partial charge in [-0.3, -0.25) is 4.79 Å². The minimum atomic E-state index is -0.0486. The van der Waals surface area contributed by atoms with E-state index >= 15 is 0 Å². The molecule has 1 saturated heterocycles. The van der Waals surface area contributed by atoms with Crippen molar-refractivity contribution in [3.63, 3.8) is 0 Å². The van der Waals surface area contributed by atoms with E-state index in [1.807, 2.05) is 13.0 Å². The Morgan fingerprint density at radius 3 is 2.95 bits per heavy atom. The average molecular weight is 277 g/mol. The zero-order valence-corrected chi connectivity index (χ0v) is 12.2. The third-order valence-electron chi connectivity index (χ3n) is 3.84. The smallest absolute Gasteiger partial charge is 0.254 e. The topological polar surface area (TPSA) is 65.5 Å². The van der Waals surface area contributed by atoms with E-state index in [2.05, 4.69) is 10.3 Å². The number of nitrogens with zero attached hydrogens (tertiary/aromatic N) is 2. The molecule has 1 unspecified atom stereocenters. The van der Waals surface area contributed by atoms with Crippen LogP contribution in [0.4, 0.5) is 5.82 Å². The van der Waals surface area contributed by atoms with Gasteiger partial charge in [0.1, 0.15) is 5.82 Å². The van der Waals surface area contributed by atoms with Crippen LogP contribution < -0.4 is 5.32 Å². The molecule has 2 rings (SSSR count). The van der Waals surface area contributed by atoms with Crippen molar-refractivity contribution in [3.8, 4) is 0 Å². The van der Waals surface area contributed by atoms with E-state index in [0.717, 1.165) is 37.9 Å². The summed E-state index contributed by atoms with van der Waals surface area (Å²) in [5, 5.41) is 12.4. The van der Waals surface area contributed by atoms with Gasteiger partial charge in [0.15, 0.2) is 0 Å². The fraction of sp³-hybridized carbons (Fsp3) is 0.600. The molecule has 1 atom stereocenters. The third kappa shape index (κ3) is 3.10. The van der Waals surface area contributed by atoms with Gasteiger partial charge in [-0.15, -0.1) is 0 Å². The van der Waals surface area contributed by atoms with E-state index in [9.17, 15) is 9.90 Å². The van der Waals surface area contributed by atoms with E-state index in [1.165, 1.54) is 0 Å². The molecule has 20 heavy (non-hydrogen) atoms. The molecule has 1 aliphatic rings. The van der Waals surface area contributed by atoms with Crippen LogP contribution in [-0.2, 0) is 6.42 Å². The summed E-state index contributed by atoms with van der Waals surface area (Å²) in [5.74, 6) is 0.711. The number of carbonyl (C=O) groups excluding carboxylic acids is 1. The summed E-state index contributed by atoms with van der Waals surface area (Å²) >= 11 is 0. The van der Waals surface area contributed by atoms with E-state index < -0.39 is 0 Å². The van der Waals surface area contributed by atoms with Crippen LogP contribution in [0, 0.1) is 0 Å². The van der Waals surface area contributed by atoms with Crippen molar-refractivity contribution in [2.75, 3.05) is 25.5 Å². The maximum atomic E-state index is 12.7. The fourth-order valence-corrected chi connectivity index (χ4v) is 2.64. The zero-order chi connectivity index (χ0) is 14.5. The van der Waals surface area contributed by atoms with Gasteiger partial charge >= 0.3 is 0 Å². The van der Waals surface area contributed by atoms with Crippen LogP contribution in [0.5, 0.6) is 0 Å². The maximum Gasteiger partial charge on any atom is 0.254 e. The lowest BCUT2D eigenvalue weighted by Gasteiger charge is -2.34. The van der Waals surface area contributed by atoms with Gasteiger partial charge in [-0.1, -0.05) is 6.92 Å². The summed E-state index contributed by atoms with van der Waals surface area (Å²) in [6.45, 7) is 2.78. The van der Waals surface area contributed by atoms with Crippen LogP contribution in [0.25, 0.3) is 0 Å². The quantitative estimate of drug-likeness (QED) is 0.878. The predicted octanol–water partition coefficient (Wildman–Crippen LogP) is 1.67. The highest BCUT2D eigenvalue weighted by Crippen LogP contribution is 2.21. The molecule has 0 radical (unpaired) electrons. The summed E-state index contributed by atoms with van der Waals surface area (Å²) in [4.78, 5) is 18.9. The van der Waals surface area contributed by atoms with Crippen LogP contribution in [0.1, 0.15) is 42.2 Å². The maximum absolute atomic E-state index is 12.7. The number of likely N-dealkylation sites (tertiary alicyclic amines) is 1. The van der Waals surface area contributed by atoms with E-state index in [-0.39, 0.29) is 18.6 Å². The largest absolute Gasteiger partial charge is 0.394 e. The fourth-order valence-electron chi connectivity index (χ4n) is 2.64. The molecule has 110 valence electrons. The molecule has 1 aliphatic heterocycles. The number of aryl methyl sites for hydroxylation is 1. The number of piperidine rings is 1. The molecule has 5 heteroatoms. The monoisotopic (exact) mass is 277 g/mol. The van der Waals surface area contributed by atoms with E-state index in [0.29, 0.717) is 11.4 Å². The lowest BCUT2D eigenvalue weighted by atomic mass is 10.0. The molecule has 1 aromatic rings. The van der Waals surface area contributed by atoms with Crippen molar-refractivity contribution in [2.24, 2.45) is 0 Å². The number of carbonyl (C=O) groups is 1. The molecule has 2 heterocycles. The molecule has 0 aliphatic carbocycles. The minimum absolute atomic E-state index is 0.00245. The number of aliphatic hydroxyl groups excluding tert-OH is 1.